The summed E-state index contributed by atoms with van der Waals surface area (Å²) in [6, 6.07) is 0. The van der Waals surface area contributed by atoms with Crippen molar-refractivity contribution in [2.24, 2.45) is 11.3 Å². The van der Waals surface area contributed by atoms with E-state index in [1.165, 1.54) is 19.3 Å². The number of carbonyl (C=O) groups is 1. The molecule has 0 unspecified atom stereocenters. The van der Waals surface area contributed by atoms with Crippen molar-refractivity contribution in [2.45, 2.75) is 47.0 Å². The van der Waals surface area contributed by atoms with Crippen LogP contribution in [0.5, 0.6) is 0 Å². The number of amides is 1. The van der Waals surface area contributed by atoms with Crippen LogP contribution in [0.25, 0.3) is 0 Å². The zero-order chi connectivity index (χ0) is 10.8. The van der Waals surface area contributed by atoms with Gasteiger partial charge in [0.05, 0.1) is 0 Å². The molecule has 0 bridgehead atoms. The largest absolute Gasteiger partial charge is 0.342 e. The van der Waals surface area contributed by atoms with E-state index in [2.05, 4.69) is 6.92 Å². The molecule has 0 aromatic carbocycles. The summed E-state index contributed by atoms with van der Waals surface area (Å²) in [7, 11) is 0. The van der Waals surface area contributed by atoms with E-state index < -0.39 is 0 Å². The molecule has 0 spiro atoms. The summed E-state index contributed by atoms with van der Waals surface area (Å²) in [6.45, 7) is 10.2. The minimum absolute atomic E-state index is 0.209. The molecule has 1 fully saturated rings. The highest BCUT2D eigenvalue weighted by molar-refractivity contribution is 5.81. The smallest absolute Gasteiger partial charge is 0.227 e. The summed E-state index contributed by atoms with van der Waals surface area (Å²) in [5.74, 6) is 1.16. The molecule has 1 saturated heterocycles. The van der Waals surface area contributed by atoms with Crippen molar-refractivity contribution in [1.29, 1.82) is 0 Å². The fourth-order valence-electron chi connectivity index (χ4n) is 2.02. The maximum atomic E-state index is 11.9. The molecule has 1 heterocycles. The molecule has 82 valence electrons. The van der Waals surface area contributed by atoms with Gasteiger partial charge in [-0.15, -0.1) is 0 Å². The van der Waals surface area contributed by atoms with E-state index >= 15 is 0 Å². The lowest BCUT2D eigenvalue weighted by atomic mass is 9.90. The minimum Gasteiger partial charge on any atom is -0.342 e. The van der Waals surface area contributed by atoms with Crippen molar-refractivity contribution in [2.75, 3.05) is 13.1 Å². The average molecular weight is 197 g/mol. The molecular formula is C12H23NO. The van der Waals surface area contributed by atoms with Crippen molar-refractivity contribution in [3.8, 4) is 0 Å². The summed E-state index contributed by atoms with van der Waals surface area (Å²) in [4.78, 5) is 14.0. The highest BCUT2D eigenvalue weighted by atomic mass is 16.2. The second kappa shape index (κ2) is 4.33. The number of piperidine rings is 1. The fraction of sp³-hybridized carbons (Fsp3) is 0.917. The van der Waals surface area contributed by atoms with Gasteiger partial charge in [-0.2, -0.15) is 0 Å². The van der Waals surface area contributed by atoms with E-state index in [9.17, 15) is 4.79 Å². The third kappa shape index (κ3) is 2.73. The molecule has 0 N–H and O–H groups in total. The summed E-state index contributed by atoms with van der Waals surface area (Å²) in [6.07, 6.45) is 3.65. The van der Waals surface area contributed by atoms with E-state index in [1.54, 1.807) is 0 Å². The van der Waals surface area contributed by atoms with Crippen LogP contribution in [0.1, 0.15) is 47.0 Å². The number of likely N-dealkylation sites (tertiary alicyclic amines) is 1. The first kappa shape index (κ1) is 11.5. The van der Waals surface area contributed by atoms with Gasteiger partial charge in [0, 0.05) is 18.5 Å². The standard InChI is InChI=1S/C12H23NO/c1-5-10-6-8-13(9-7-10)11(14)12(2,3)4/h10H,5-9H2,1-4H3. The van der Waals surface area contributed by atoms with Crippen molar-refractivity contribution in [3.05, 3.63) is 0 Å². The molecule has 0 saturated carbocycles. The van der Waals surface area contributed by atoms with Gasteiger partial charge in [0.25, 0.3) is 0 Å². The molecule has 2 heteroatoms. The molecule has 0 aromatic rings. The third-order valence-electron chi connectivity index (χ3n) is 3.12. The Hall–Kier alpha value is -0.530. The fourth-order valence-corrected chi connectivity index (χ4v) is 2.02. The Balaban J connectivity index is 2.46. The molecule has 1 amide bonds. The van der Waals surface area contributed by atoms with Gasteiger partial charge < -0.3 is 4.90 Å². The number of carbonyl (C=O) groups excluding carboxylic acids is 1. The Morgan fingerprint density at radius 2 is 1.79 bits per heavy atom. The zero-order valence-electron chi connectivity index (χ0n) is 9.97. The first-order chi connectivity index (χ1) is 6.45. The lowest BCUT2D eigenvalue weighted by molar-refractivity contribution is -0.140. The van der Waals surface area contributed by atoms with Gasteiger partial charge in [-0.25, -0.2) is 0 Å². The predicted octanol–water partition coefficient (Wildman–Crippen LogP) is 2.68. The Bertz CT molecular complexity index is 197. The molecule has 1 aliphatic heterocycles. The van der Waals surface area contributed by atoms with Crippen LogP contribution in [0.3, 0.4) is 0 Å². The predicted molar refractivity (Wildman–Crippen MR) is 59.1 cm³/mol. The second-order valence-corrected chi connectivity index (χ2v) is 5.39. The molecule has 0 atom stereocenters. The number of hydrogen-bond donors (Lipinski definition) is 0. The molecule has 0 aromatic heterocycles. The molecular weight excluding hydrogens is 174 g/mol. The summed E-state index contributed by atoms with van der Waals surface area (Å²) in [5, 5.41) is 0. The van der Waals surface area contributed by atoms with Crippen LogP contribution < -0.4 is 0 Å². The Kier molecular flexibility index (Phi) is 3.57. The van der Waals surface area contributed by atoms with Crippen molar-refractivity contribution >= 4 is 5.91 Å². The van der Waals surface area contributed by atoms with E-state index in [-0.39, 0.29) is 5.41 Å². The maximum absolute atomic E-state index is 11.9. The maximum Gasteiger partial charge on any atom is 0.227 e. The van der Waals surface area contributed by atoms with Crippen LogP contribution in [-0.4, -0.2) is 23.9 Å². The topological polar surface area (TPSA) is 20.3 Å². The van der Waals surface area contributed by atoms with Crippen LogP contribution in [0.15, 0.2) is 0 Å². The summed E-state index contributed by atoms with van der Waals surface area (Å²) < 4.78 is 0. The SMILES string of the molecule is CCC1CCN(C(=O)C(C)(C)C)CC1. The average Bonchev–Trinajstić information content (AvgIpc) is 2.15. The highest BCUT2D eigenvalue weighted by Gasteiger charge is 2.29. The molecule has 14 heavy (non-hydrogen) atoms. The van der Waals surface area contributed by atoms with Gasteiger partial charge in [-0.1, -0.05) is 34.1 Å². The van der Waals surface area contributed by atoms with Crippen LogP contribution >= 0.6 is 0 Å². The molecule has 1 rings (SSSR count). The van der Waals surface area contributed by atoms with Gasteiger partial charge in [0.15, 0.2) is 0 Å². The molecule has 0 radical (unpaired) electrons. The van der Waals surface area contributed by atoms with Gasteiger partial charge in [0.2, 0.25) is 5.91 Å². The quantitative estimate of drug-likeness (QED) is 0.633. The second-order valence-electron chi connectivity index (χ2n) is 5.39. The van der Waals surface area contributed by atoms with Gasteiger partial charge in [0.1, 0.15) is 0 Å². The van der Waals surface area contributed by atoms with Crippen LogP contribution in [-0.2, 0) is 4.79 Å². The monoisotopic (exact) mass is 197 g/mol. The highest BCUT2D eigenvalue weighted by Crippen LogP contribution is 2.24. The minimum atomic E-state index is -0.209. The Morgan fingerprint density at radius 3 is 2.14 bits per heavy atom. The summed E-state index contributed by atoms with van der Waals surface area (Å²) in [5.41, 5.74) is -0.209. The van der Waals surface area contributed by atoms with Crippen molar-refractivity contribution < 1.29 is 4.79 Å². The first-order valence-electron chi connectivity index (χ1n) is 5.74. The van der Waals surface area contributed by atoms with Crippen molar-refractivity contribution in [3.63, 3.8) is 0 Å². The lowest BCUT2D eigenvalue weighted by Crippen LogP contribution is -2.44. The number of nitrogens with zero attached hydrogens (tertiary/aromatic N) is 1. The number of rotatable bonds is 1. The van der Waals surface area contributed by atoms with Gasteiger partial charge in [-0.3, -0.25) is 4.79 Å². The van der Waals surface area contributed by atoms with E-state index in [1.807, 2.05) is 25.7 Å². The van der Waals surface area contributed by atoms with Crippen molar-refractivity contribution in [1.82, 2.24) is 4.90 Å². The third-order valence-corrected chi connectivity index (χ3v) is 3.12. The van der Waals surface area contributed by atoms with Crippen LogP contribution in [0, 0.1) is 11.3 Å². The molecule has 1 aliphatic rings. The van der Waals surface area contributed by atoms with Gasteiger partial charge in [-0.05, 0) is 18.8 Å². The Labute approximate surface area is 87.7 Å². The normalized spacial score (nSPS) is 19.9. The zero-order valence-corrected chi connectivity index (χ0v) is 9.97. The molecule has 0 aliphatic carbocycles. The van der Waals surface area contributed by atoms with E-state index in [0.29, 0.717) is 5.91 Å². The molecule has 2 nitrogen and oxygen atoms in total. The number of hydrogen-bond acceptors (Lipinski definition) is 1. The summed E-state index contributed by atoms with van der Waals surface area (Å²) >= 11 is 0. The van der Waals surface area contributed by atoms with Crippen LogP contribution in [0.4, 0.5) is 0 Å². The van der Waals surface area contributed by atoms with E-state index in [4.69, 9.17) is 0 Å². The lowest BCUT2D eigenvalue weighted by Gasteiger charge is -2.35. The van der Waals surface area contributed by atoms with Gasteiger partial charge >= 0.3 is 0 Å². The van der Waals surface area contributed by atoms with E-state index in [0.717, 1.165) is 19.0 Å². The first-order valence-corrected chi connectivity index (χ1v) is 5.74. The Morgan fingerprint density at radius 1 is 1.29 bits per heavy atom. The van der Waals surface area contributed by atoms with Crippen LogP contribution in [0.2, 0.25) is 0 Å².